The van der Waals surface area contributed by atoms with Crippen LogP contribution in [0.2, 0.25) is 0 Å². The molecule has 2 heterocycles. The molecule has 0 radical (unpaired) electrons. The zero-order valence-corrected chi connectivity index (χ0v) is 13.3. The van der Waals surface area contributed by atoms with Gasteiger partial charge in [-0.3, -0.25) is 9.25 Å². The molecule has 3 aromatic rings. The van der Waals surface area contributed by atoms with Crippen LogP contribution < -0.4 is 10.5 Å². The first-order valence-electron chi connectivity index (χ1n) is 6.81. The van der Waals surface area contributed by atoms with Crippen molar-refractivity contribution < 1.29 is 12.8 Å². The van der Waals surface area contributed by atoms with Crippen molar-refractivity contribution in [2.24, 2.45) is 7.05 Å². The third-order valence-electron chi connectivity index (χ3n) is 3.36. The number of sulfonamides is 1. The van der Waals surface area contributed by atoms with Crippen molar-refractivity contribution in [3.63, 3.8) is 0 Å². The Morgan fingerprint density at radius 3 is 2.87 bits per heavy atom. The van der Waals surface area contributed by atoms with Gasteiger partial charge in [0.25, 0.3) is 0 Å². The van der Waals surface area contributed by atoms with Gasteiger partial charge >= 0.3 is 5.76 Å². The number of fused-ring (bicyclic) bond motifs is 1. The molecule has 0 amide bonds. The quantitative estimate of drug-likeness (QED) is 0.706. The second-order valence-electron chi connectivity index (χ2n) is 5.20. The fourth-order valence-electron chi connectivity index (χ4n) is 2.26. The molecule has 10 heteroatoms. The van der Waals surface area contributed by atoms with E-state index in [1.54, 1.807) is 14.0 Å². The van der Waals surface area contributed by atoms with Crippen LogP contribution in [-0.2, 0) is 23.6 Å². The highest BCUT2D eigenvalue weighted by molar-refractivity contribution is 7.89. The molecule has 122 valence electrons. The summed E-state index contributed by atoms with van der Waals surface area (Å²) in [5, 5.41) is 3.93. The highest BCUT2D eigenvalue weighted by atomic mass is 32.2. The monoisotopic (exact) mass is 337 g/mol. The van der Waals surface area contributed by atoms with E-state index in [9.17, 15) is 13.2 Å². The van der Waals surface area contributed by atoms with Gasteiger partial charge in [0.1, 0.15) is 12.7 Å². The Kier molecular flexibility index (Phi) is 3.78. The molecule has 0 fully saturated rings. The first kappa shape index (κ1) is 15.4. The van der Waals surface area contributed by atoms with Gasteiger partial charge in [-0.25, -0.2) is 22.9 Å². The van der Waals surface area contributed by atoms with Crippen LogP contribution in [0.15, 0.2) is 45.0 Å². The topological polar surface area (TPSA) is 112 Å². The lowest BCUT2D eigenvalue weighted by Gasteiger charge is -2.14. The maximum Gasteiger partial charge on any atom is 0.419 e. The Balaban J connectivity index is 1.85. The molecule has 2 aromatic heterocycles. The normalized spacial score (nSPS) is 13.5. The summed E-state index contributed by atoms with van der Waals surface area (Å²) in [5.74, 6) is -0.540. The standard InChI is InChI=1S/C13H15N5O4S/c1-9(6-18-8-14-7-15-18)16-23(20,21)10-3-4-11-12(5-10)22-13(19)17(11)2/h3-5,7-9,16H,6H2,1-2H3. The summed E-state index contributed by atoms with van der Waals surface area (Å²) in [4.78, 5) is 15.3. The van der Waals surface area contributed by atoms with Crippen LogP contribution >= 0.6 is 0 Å². The molecule has 0 saturated heterocycles. The minimum atomic E-state index is -3.74. The number of oxazole rings is 1. The molecule has 0 saturated carbocycles. The van der Waals surface area contributed by atoms with Crippen LogP contribution in [0, 0.1) is 0 Å². The van der Waals surface area contributed by atoms with Gasteiger partial charge in [0, 0.05) is 19.2 Å². The molecule has 1 unspecified atom stereocenters. The summed E-state index contributed by atoms with van der Waals surface area (Å²) < 4.78 is 35.3. The second kappa shape index (κ2) is 5.63. The highest BCUT2D eigenvalue weighted by Crippen LogP contribution is 2.18. The van der Waals surface area contributed by atoms with Crippen LogP contribution in [0.1, 0.15) is 6.92 Å². The molecule has 1 N–H and O–H groups in total. The maximum atomic E-state index is 12.4. The van der Waals surface area contributed by atoms with Gasteiger partial charge in [0.15, 0.2) is 5.58 Å². The molecule has 0 bridgehead atoms. The Morgan fingerprint density at radius 1 is 1.39 bits per heavy atom. The number of benzene rings is 1. The first-order valence-corrected chi connectivity index (χ1v) is 8.29. The van der Waals surface area contributed by atoms with Crippen molar-refractivity contribution in [3.05, 3.63) is 41.4 Å². The molecule has 3 rings (SSSR count). The summed E-state index contributed by atoms with van der Waals surface area (Å²) >= 11 is 0. The zero-order valence-electron chi connectivity index (χ0n) is 12.5. The molecule has 0 spiro atoms. The molecule has 0 aliphatic heterocycles. The minimum absolute atomic E-state index is 0.0322. The third-order valence-corrected chi connectivity index (χ3v) is 4.95. The Hall–Kier alpha value is -2.46. The van der Waals surface area contributed by atoms with E-state index in [2.05, 4.69) is 14.8 Å². The second-order valence-corrected chi connectivity index (χ2v) is 6.91. The van der Waals surface area contributed by atoms with Crippen molar-refractivity contribution in [2.75, 3.05) is 0 Å². The van der Waals surface area contributed by atoms with Crippen LogP contribution in [0.4, 0.5) is 0 Å². The smallest absolute Gasteiger partial charge is 0.408 e. The van der Waals surface area contributed by atoms with E-state index in [0.717, 1.165) is 0 Å². The molecule has 1 aromatic carbocycles. The highest BCUT2D eigenvalue weighted by Gasteiger charge is 2.19. The Morgan fingerprint density at radius 2 is 2.17 bits per heavy atom. The first-order chi connectivity index (χ1) is 10.9. The van der Waals surface area contributed by atoms with Crippen LogP contribution in [-0.4, -0.2) is 33.8 Å². The summed E-state index contributed by atoms with van der Waals surface area (Å²) in [6.45, 7) is 2.07. The summed E-state index contributed by atoms with van der Waals surface area (Å²) in [6.07, 6.45) is 2.89. The lowest BCUT2D eigenvalue weighted by Crippen LogP contribution is -2.35. The molecular formula is C13H15N5O4S. The molecule has 1 atom stereocenters. The minimum Gasteiger partial charge on any atom is -0.408 e. The van der Waals surface area contributed by atoms with E-state index in [-0.39, 0.29) is 16.5 Å². The van der Waals surface area contributed by atoms with E-state index < -0.39 is 15.8 Å². The predicted molar refractivity (Wildman–Crippen MR) is 81.3 cm³/mol. The van der Waals surface area contributed by atoms with Crippen molar-refractivity contribution in [1.29, 1.82) is 0 Å². The average Bonchev–Trinajstić information content (AvgIpc) is 3.07. The molecule has 0 aliphatic rings. The van der Waals surface area contributed by atoms with Gasteiger partial charge in [-0.15, -0.1) is 0 Å². The van der Waals surface area contributed by atoms with Gasteiger partial charge in [-0.05, 0) is 19.1 Å². The number of nitrogens with zero attached hydrogens (tertiary/aromatic N) is 4. The van der Waals surface area contributed by atoms with Crippen LogP contribution in [0.3, 0.4) is 0 Å². The van der Waals surface area contributed by atoms with E-state index >= 15 is 0 Å². The fourth-order valence-corrected chi connectivity index (χ4v) is 3.51. The number of hydrogen-bond donors (Lipinski definition) is 1. The number of hydrogen-bond acceptors (Lipinski definition) is 6. The lowest BCUT2D eigenvalue weighted by molar-refractivity contribution is 0.493. The summed E-state index contributed by atoms with van der Waals surface area (Å²) in [7, 11) is -2.18. The van der Waals surface area contributed by atoms with Crippen molar-refractivity contribution in [1.82, 2.24) is 24.1 Å². The Bertz CT molecular complexity index is 987. The molecule has 23 heavy (non-hydrogen) atoms. The van der Waals surface area contributed by atoms with Gasteiger partial charge in [-0.2, -0.15) is 5.10 Å². The number of rotatable bonds is 5. The number of nitrogens with one attached hydrogen (secondary N) is 1. The number of aryl methyl sites for hydroxylation is 1. The van der Waals surface area contributed by atoms with E-state index in [1.165, 1.54) is 40.1 Å². The van der Waals surface area contributed by atoms with Crippen molar-refractivity contribution in [2.45, 2.75) is 24.4 Å². The van der Waals surface area contributed by atoms with Gasteiger partial charge in [-0.1, -0.05) is 0 Å². The van der Waals surface area contributed by atoms with E-state index in [0.29, 0.717) is 12.1 Å². The van der Waals surface area contributed by atoms with Crippen LogP contribution in [0.5, 0.6) is 0 Å². The van der Waals surface area contributed by atoms with Gasteiger partial charge in [0.05, 0.1) is 17.0 Å². The molecular weight excluding hydrogens is 322 g/mol. The molecule has 9 nitrogen and oxygen atoms in total. The third kappa shape index (κ3) is 3.03. The van der Waals surface area contributed by atoms with Gasteiger partial charge < -0.3 is 4.42 Å². The summed E-state index contributed by atoms with van der Waals surface area (Å²) in [5.41, 5.74) is 0.758. The molecule has 0 aliphatic carbocycles. The SMILES string of the molecule is CC(Cn1cncn1)NS(=O)(=O)c1ccc2c(c1)oc(=O)n2C. The zero-order chi connectivity index (χ0) is 16.6. The largest absolute Gasteiger partial charge is 0.419 e. The fraction of sp³-hybridized carbons (Fsp3) is 0.308. The lowest BCUT2D eigenvalue weighted by atomic mass is 10.3. The average molecular weight is 337 g/mol. The van der Waals surface area contributed by atoms with Crippen molar-refractivity contribution in [3.8, 4) is 0 Å². The van der Waals surface area contributed by atoms with Crippen molar-refractivity contribution >= 4 is 21.1 Å². The Labute approximate surface area is 131 Å². The van der Waals surface area contributed by atoms with Gasteiger partial charge in [0.2, 0.25) is 10.0 Å². The van der Waals surface area contributed by atoms with E-state index in [1.807, 2.05) is 0 Å². The van der Waals surface area contributed by atoms with Crippen LogP contribution in [0.25, 0.3) is 11.1 Å². The number of aromatic nitrogens is 4. The van der Waals surface area contributed by atoms with E-state index in [4.69, 9.17) is 4.42 Å². The maximum absolute atomic E-state index is 12.4. The summed E-state index contributed by atoms with van der Waals surface area (Å²) in [6, 6.07) is 3.92. The predicted octanol–water partition coefficient (Wildman–Crippen LogP) is 0.0900.